The molecule has 0 bridgehead atoms. The van der Waals surface area contributed by atoms with Gasteiger partial charge in [-0.05, 0) is 45.2 Å². The predicted molar refractivity (Wildman–Crippen MR) is 95.3 cm³/mol. The van der Waals surface area contributed by atoms with Gasteiger partial charge in [-0.1, -0.05) is 12.1 Å². The van der Waals surface area contributed by atoms with Crippen LogP contribution in [0.25, 0.3) is 11.0 Å². The lowest BCUT2D eigenvalue weighted by Gasteiger charge is -2.25. The van der Waals surface area contributed by atoms with Crippen molar-refractivity contribution >= 4 is 23.1 Å². The standard InChI is InChI=1S/C18H26N4O2/c1-18(2,3)24-17(23)22-10-9-13(12-22)11-21(4)16-19-14-7-5-6-8-15(14)20-16/h5-8,13H,9-12H2,1-4H3,(H,19,20). The highest BCUT2D eigenvalue weighted by molar-refractivity contribution is 5.77. The maximum absolute atomic E-state index is 12.2. The number of H-pyrrole nitrogens is 1. The van der Waals surface area contributed by atoms with E-state index in [4.69, 9.17) is 4.74 Å². The summed E-state index contributed by atoms with van der Waals surface area (Å²) in [4.78, 5) is 24.1. The van der Waals surface area contributed by atoms with E-state index in [1.807, 2.05) is 57.0 Å². The van der Waals surface area contributed by atoms with Gasteiger partial charge in [-0.3, -0.25) is 0 Å². The highest BCUT2D eigenvalue weighted by Gasteiger charge is 2.30. The second-order valence-corrected chi connectivity index (χ2v) is 7.54. The normalized spacial score (nSPS) is 18.2. The van der Waals surface area contributed by atoms with Crippen molar-refractivity contribution in [2.75, 3.05) is 31.6 Å². The molecule has 0 aliphatic carbocycles. The van der Waals surface area contributed by atoms with Crippen molar-refractivity contribution in [1.82, 2.24) is 14.9 Å². The number of likely N-dealkylation sites (tertiary alicyclic amines) is 1. The molecule has 0 saturated carbocycles. The van der Waals surface area contributed by atoms with Gasteiger partial charge in [0.05, 0.1) is 11.0 Å². The fourth-order valence-corrected chi connectivity index (χ4v) is 3.07. The van der Waals surface area contributed by atoms with Crippen molar-refractivity contribution < 1.29 is 9.53 Å². The number of carbonyl (C=O) groups is 1. The summed E-state index contributed by atoms with van der Waals surface area (Å²) in [6.07, 6.45) is 0.778. The smallest absolute Gasteiger partial charge is 0.410 e. The number of benzene rings is 1. The third-order valence-corrected chi connectivity index (χ3v) is 4.21. The number of rotatable bonds is 3. The molecular weight excluding hydrogens is 304 g/mol. The molecule has 1 aromatic heterocycles. The third-order valence-electron chi connectivity index (χ3n) is 4.21. The number of aromatic amines is 1. The first-order valence-corrected chi connectivity index (χ1v) is 8.45. The third kappa shape index (κ3) is 3.80. The summed E-state index contributed by atoms with van der Waals surface area (Å²) in [5.41, 5.74) is 1.57. The summed E-state index contributed by atoms with van der Waals surface area (Å²) in [6, 6.07) is 8.02. The average molecular weight is 330 g/mol. The SMILES string of the molecule is CN(CC1CCN(C(=O)OC(C)(C)C)C1)c1nc2ccccc2[nH]1. The minimum absolute atomic E-state index is 0.212. The summed E-state index contributed by atoms with van der Waals surface area (Å²) >= 11 is 0. The second kappa shape index (κ2) is 6.34. The van der Waals surface area contributed by atoms with E-state index in [2.05, 4.69) is 14.9 Å². The van der Waals surface area contributed by atoms with Gasteiger partial charge < -0.3 is 19.5 Å². The molecule has 1 N–H and O–H groups in total. The molecule has 130 valence electrons. The molecule has 0 spiro atoms. The number of carbonyl (C=O) groups excluding carboxylic acids is 1. The number of hydrogen-bond acceptors (Lipinski definition) is 4. The summed E-state index contributed by atoms with van der Waals surface area (Å²) in [5, 5.41) is 0. The van der Waals surface area contributed by atoms with Crippen LogP contribution in [0.5, 0.6) is 0 Å². The van der Waals surface area contributed by atoms with Gasteiger partial charge in [-0.15, -0.1) is 0 Å². The minimum Gasteiger partial charge on any atom is -0.444 e. The number of imidazole rings is 1. The summed E-state index contributed by atoms with van der Waals surface area (Å²) in [5.74, 6) is 1.29. The predicted octanol–water partition coefficient (Wildman–Crippen LogP) is 3.26. The quantitative estimate of drug-likeness (QED) is 0.938. The Hall–Kier alpha value is -2.24. The van der Waals surface area contributed by atoms with Crippen molar-refractivity contribution in [3.8, 4) is 0 Å². The number of hydrogen-bond donors (Lipinski definition) is 1. The van der Waals surface area contributed by atoms with E-state index in [1.165, 1.54) is 0 Å². The molecule has 1 aliphatic heterocycles. The van der Waals surface area contributed by atoms with Crippen molar-refractivity contribution in [2.24, 2.45) is 5.92 Å². The van der Waals surface area contributed by atoms with Crippen LogP contribution in [0, 0.1) is 5.92 Å². The van der Waals surface area contributed by atoms with Crippen LogP contribution in [0.1, 0.15) is 27.2 Å². The molecule has 2 heterocycles. The number of nitrogens with one attached hydrogen (secondary N) is 1. The summed E-state index contributed by atoms with van der Waals surface area (Å²) < 4.78 is 5.45. The Morgan fingerprint density at radius 2 is 2.17 bits per heavy atom. The summed E-state index contributed by atoms with van der Waals surface area (Å²) in [7, 11) is 2.04. The zero-order chi connectivity index (χ0) is 17.3. The maximum Gasteiger partial charge on any atom is 0.410 e. The number of aromatic nitrogens is 2. The Morgan fingerprint density at radius 3 is 2.88 bits per heavy atom. The average Bonchev–Trinajstić information content (AvgIpc) is 3.11. The topological polar surface area (TPSA) is 61.5 Å². The van der Waals surface area contributed by atoms with E-state index in [-0.39, 0.29) is 6.09 Å². The van der Waals surface area contributed by atoms with E-state index in [0.29, 0.717) is 5.92 Å². The van der Waals surface area contributed by atoms with Gasteiger partial charge in [0.2, 0.25) is 5.95 Å². The van der Waals surface area contributed by atoms with E-state index in [9.17, 15) is 4.79 Å². The molecule has 1 unspecified atom stereocenters. The molecule has 6 heteroatoms. The number of amides is 1. The summed E-state index contributed by atoms with van der Waals surface area (Å²) in [6.45, 7) is 8.04. The molecule has 1 aromatic carbocycles. The lowest BCUT2D eigenvalue weighted by molar-refractivity contribution is 0.0288. The second-order valence-electron chi connectivity index (χ2n) is 7.54. The molecule has 0 radical (unpaired) electrons. The largest absolute Gasteiger partial charge is 0.444 e. The first-order chi connectivity index (χ1) is 11.3. The molecule has 6 nitrogen and oxygen atoms in total. The van der Waals surface area contributed by atoms with Crippen molar-refractivity contribution in [1.29, 1.82) is 0 Å². The molecule has 1 atom stereocenters. The van der Waals surface area contributed by atoms with Crippen LogP contribution in [0.4, 0.5) is 10.7 Å². The number of para-hydroxylation sites is 2. The van der Waals surface area contributed by atoms with Gasteiger partial charge >= 0.3 is 6.09 Å². The zero-order valence-corrected chi connectivity index (χ0v) is 14.9. The van der Waals surface area contributed by atoms with Crippen molar-refractivity contribution in [3.05, 3.63) is 24.3 Å². The van der Waals surface area contributed by atoms with Crippen LogP contribution < -0.4 is 4.90 Å². The van der Waals surface area contributed by atoms with Crippen molar-refractivity contribution in [2.45, 2.75) is 32.8 Å². The van der Waals surface area contributed by atoms with E-state index in [0.717, 1.165) is 43.0 Å². The van der Waals surface area contributed by atoms with Gasteiger partial charge in [0.1, 0.15) is 5.60 Å². The van der Waals surface area contributed by atoms with Gasteiger partial charge in [0, 0.05) is 26.7 Å². The molecule has 1 fully saturated rings. The van der Waals surface area contributed by atoms with Crippen LogP contribution in [-0.2, 0) is 4.74 Å². The Kier molecular flexibility index (Phi) is 4.39. The van der Waals surface area contributed by atoms with Crippen LogP contribution in [-0.4, -0.2) is 53.2 Å². The number of fused-ring (bicyclic) bond motifs is 1. The van der Waals surface area contributed by atoms with Crippen LogP contribution in [0.2, 0.25) is 0 Å². The Morgan fingerprint density at radius 1 is 1.42 bits per heavy atom. The Balaban J connectivity index is 1.57. The Bertz CT molecular complexity index is 686. The first-order valence-electron chi connectivity index (χ1n) is 8.45. The number of nitrogens with zero attached hydrogens (tertiary/aromatic N) is 3. The molecule has 1 amide bonds. The van der Waals surface area contributed by atoms with Crippen LogP contribution in [0.3, 0.4) is 0 Å². The molecule has 24 heavy (non-hydrogen) atoms. The van der Waals surface area contributed by atoms with Gasteiger partial charge in [-0.25, -0.2) is 9.78 Å². The maximum atomic E-state index is 12.2. The molecular formula is C18H26N4O2. The Labute approximate surface area is 142 Å². The monoisotopic (exact) mass is 330 g/mol. The fourth-order valence-electron chi connectivity index (χ4n) is 3.07. The number of anilines is 1. The molecule has 1 aliphatic rings. The fraction of sp³-hybridized carbons (Fsp3) is 0.556. The first kappa shape index (κ1) is 16.6. The minimum atomic E-state index is -0.444. The zero-order valence-electron chi connectivity index (χ0n) is 14.9. The van der Waals surface area contributed by atoms with Gasteiger partial charge in [0.15, 0.2) is 0 Å². The van der Waals surface area contributed by atoms with E-state index >= 15 is 0 Å². The van der Waals surface area contributed by atoms with Crippen LogP contribution >= 0.6 is 0 Å². The highest BCUT2D eigenvalue weighted by Crippen LogP contribution is 2.22. The highest BCUT2D eigenvalue weighted by atomic mass is 16.6. The van der Waals surface area contributed by atoms with Gasteiger partial charge in [0.25, 0.3) is 0 Å². The molecule has 3 rings (SSSR count). The number of ether oxygens (including phenoxy) is 1. The molecule has 2 aromatic rings. The lowest BCUT2D eigenvalue weighted by Crippen LogP contribution is -2.36. The van der Waals surface area contributed by atoms with Crippen molar-refractivity contribution in [3.63, 3.8) is 0 Å². The molecule has 1 saturated heterocycles. The van der Waals surface area contributed by atoms with Gasteiger partial charge in [-0.2, -0.15) is 0 Å². The lowest BCUT2D eigenvalue weighted by atomic mass is 10.1. The van der Waals surface area contributed by atoms with E-state index in [1.54, 1.807) is 0 Å². The van der Waals surface area contributed by atoms with E-state index < -0.39 is 5.60 Å². The van der Waals surface area contributed by atoms with Crippen LogP contribution in [0.15, 0.2) is 24.3 Å².